The Morgan fingerprint density at radius 3 is 3.00 bits per heavy atom. The molecule has 0 saturated heterocycles. The molecular weight excluding hydrogens is 304 g/mol. The largest absolute Gasteiger partial charge is 0.508 e. The van der Waals surface area contributed by atoms with Crippen molar-refractivity contribution in [3.8, 4) is 5.75 Å². The number of hydrogen-bond donors (Lipinski definition) is 2. The molecule has 3 aliphatic carbocycles. The summed E-state index contributed by atoms with van der Waals surface area (Å²) in [5.41, 5.74) is 3.05. The quantitative estimate of drug-likeness (QED) is 0.609. The molecule has 4 unspecified atom stereocenters. The van der Waals surface area contributed by atoms with Crippen LogP contribution in [0.5, 0.6) is 5.75 Å². The van der Waals surface area contributed by atoms with Gasteiger partial charge in [0.1, 0.15) is 11.9 Å². The third kappa shape index (κ3) is 2.23. The standard InChI is InChI=1S/C20H26O2S/c1-3-22-19-18(23)11-17-16-6-4-12-10-13(21)5-7-14(12)15(16)8-9-20(17,19)2/h3,5,7,10,15-19,21,23H,1,4,6,8-9,11H2,2H3/t15?,16?,17?,18-,19?,20-/m0/s1. The SMILES string of the molecule is C=COC1[C@@H](S)CC2C3CCc4cc(O)ccc4C3CC[C@@]21C. The molecule has 3 aliphatic rings. The summed E-state index contributed by atoms with van der Waals surface area (Å²) in [5, 5.41) is 10.1. The van der Waals surface area contributed by atoms with Crippen molar-refractivity contribution in [3.05, 3.63) is 42.2 Å². The maximum Gasteiger partial charge on any atom is 0.115 e. The predicted molar refractivity (Wildman–Crippen MR) is 96.0 cm³/mol. The molecule has 0 amide bonds. The molecule has 1 aromatic carbocycles. The van der Waals surface area contributed by atoms with Crippen LogP contribution in [0.25, 0.3) is 0 Å². The highest BCUT2D eigenvalue weighted by Gasteiger charge is 2.58. The first-order chi connectivity index (χ1) is 11.0. The average molecular weight is 330 g/mol. The molecule has 1 aromatic rings. The molecule has 1 N–H and O–H groups in total. The molecule has 2 fully saturated rings. The lowest BCUT2D eigenvalue weighted by atomic mass is 9.55. The number of thiol groups is 1. The number of aryl methyl sites for hydroxylation is 1. The summed E-state index contributed by atoms with van der Waals surface area (Å²) in [6, 6.07) is 5.99. The van der Waals surface area contributed by atoms with Crippen LogP contribution in [0.1, 0.15) is 49.7 Å². The molecule has 0 heterocycles. The van der Waals surface area contributed by atoms with Gasteiger partial charge in [-0.3, -0.25) is 0 Å². The van der Waals surface area contributed by atoms with Gasteiger partial charge in [0.05, 0.1) is 6.26 Å². The lowest BCUT2D eigenvalue weighted by molar-refractivity contribution is -0.0280. The molecule has 6 atom stereocenters. The zero-order valence-corrected chi connectivity index (χ0v) is 14.6. The van der Waals surface area contributed by atoms with E-state index in [2.05, 4.69) is 19.6 Å². The average Bonchev–Trinajstić information content (AvgIpc) is 2.79. The van der Waals surface area contributed by atoms with Gasteiger partial charge in [0.15, 0.2) is 0 Å². The van der Waals surface area contributed by atoms with Crippen LogP contribution in [0.3, 0.4) is 0 Å². The normalized spacial score (nSPS) is 41.6. The van der Waals surface area contributed by atoms with Gasteiger partial charge in [-0.25, -0.2) is 0 Å². The highest BCUT2D eigenvalue weighted by atomic mass is 32.1. The predicted octanol–water partition coefficient (Wildman–Crippen LogP) is 4.69. The van der Waals surface area contributed by atoms with Crippen molar-refractivity contribution in [1.82, 2.24) is 0 Å². The summed E-state index contributed by atoms with van der Waals surface area (Å²) in [6.07, 6.45) is 7.65. The molecule has 23 heavy (non-hydrogen) atoms. The first-order valence-corrected chi connectivity index (χ1v) is 9.32. The number of phenols is 1. The zero-order chi connectivity index (χ0) is 16.2. The van der Waals surface area contributed by atoms with Crippen LogP contribution in [0.2, 0.25) is 0 Å². The molecule has 0 aromatic heterocycles. The van der Waals surface area contributed by atoms with Crippen LogP contribution >= 0.6 is 12.6 Å². The minimum absolute atomic E-state index is 0.190. The van der Waals surface area contributed by atoms with Crippen LogP contribution in [0.15, 0.2) is 31.0 Å². The van der Waals surface area contributed by atoms with E-state index in [1.165, 1.54) is 30.4 Å². The Hall–Kier alpha value is -1.09. The summed E-state index contributed by atoms with van der Waals surface area (Å²) in [5.74, 6) is 2.44. The van der Waals surface area contributed by atoms with Crippen LogP contribution in [0, 0.1) is 17.3 Å². The van der Waals surface area contributed by atoms with E-state index >= 15 is 0 Å². The molecule has 2 saturated carbocycles. The van der Waals surface area contributed by atoms with E-state index in [1.54, 1.807) is 6.26 Å². The van der Waals surface area contributed by atoms with Gasteiger partial charge in [0, 0.05) is 10.7 Å². The molecule has 0 radical (unpaired) electrons. The smallest absolute Gasteiger partial charge is 0.115 e. The summed E-state index contributed by atoms with van der Waals surface area (Å²) in [4.78, 5) is 0. The Morgan fingerprint density at radius 1 is 1.39 bits per heavy atom. The van der Waals surface area contributed by atoms with E-state index in [4.69, 9.17) is 17.4 Å². The van der Waals surface area contributed by atoms with E-state index in [0.29, 0.717) is 22.8 Å². The van der Waals surface area contributed by atoms with Crippen molar-refractivity contribution in [2.24, 2.45) is 17.3 Å². The van der Waals surface area contributed by atoms with Crippen molar-refractivity contribution in [2.75, 3.05) is 0 Å². The monoisotopic (exact) mass is 330 g/mol. The number of fused-ring (bicyclic) bond motifs is 5. The highest BCUT2D eigenvalue weighted by Crippen LogP contribution is 2.62. The van der Waals surface area contributed by atoms with E-state index < -0.39 is 0 Å². The fraction of sp³-hybridized carbons (Fsp3) is 0.600. The third-order valence-corrected chi connectivity index (χ3v) is 7.37. The van der Waals surface area contributed by atoms with Gasteiger partial charge in [-0.05, 0) is 73.1 Å². The van der Waals surface area contributed by atoms with Gasteiger partial charge in [-0.2, -0.15) is 12.6 Å². The molecule has 0 spiro atoms. The van der Waals surface area contributed by atoms with E-state index in [9.17, 15) is 5.11 Å². The minimum Gasteiger partial charge on any atom is -0.508 e. The first-order valence-electron chi connectivity index (χ1n) is 8.81. The number of aromatic hydroxyl groups is 1. The van der Waals surface area contributed by atoms with Gasteiger partial charge in [-0.15, -0.1) is 0 Å². The number of benzene rings is 1. The van der Waals surface area contributed by atoms with Gasteiger partial charge >= 0.3 is 0 Å². The molecule has 2 nitrogen and oxygen atoms in total. The number of ether oxygens (including phenoxy) is 1. The van der Waals surface area contributed by atoms with Gasteiger partial charge < -0.3 is 9.84 Å². The van der Waals surface area contributed by atoms with Crippen LogP contribution in [-0.2, 0) is 11.2 Å². The number of hydrogen-bond acceptors (Lipinski definition) is 3. The fourth-order valence-electron chi connectivity index (χ4n) is 5.89. The van der Waals surface area contributed by atoms with Crippen molar-refractivity contribution in [1.29, 1.82) is 0 Å². The number of phenolic OH excluding ortho intramolecular Hbond substituents is 1. The van der Waals surface area contributed by atoms with Crippen molar-refractivity contribution in [2.45, 2.75) is 56.3 Å². The van der Waals surface area contributed by atoms with Gasteiger partial charge in [-0.1, -0.05) is 19.6 Å². The Kier molecular flexibility index (Phi) is 3.67. The summed E-state index contributed by atoms with van der Waals surface area (Å²) in [7, 11) is 0. The van der Waals surface area contributed by atoms with E-state index in [-0.39, 0.29) is 11.5 Å². The van der Waals surface area contributed by atoms with Crippen LogP contribution < -0.4 is 0 Å². The molecule has 0 bridgehead atoms. The van der Waals surface area contributed by atoms with Crippen molar-refractivity contribution >= 4 is 12.6 Å². The number of rotatable bonds is 2. The summed E-state index contributed by atoms with van der Waals surface area (Å²) < 4.78 is 5.91. The zero-order valence-electron chi connectivity index (χ0n) is 13.7. The van der Waals surface area contributed by atoms with Crippen molar-refractivity contribution in [3.63, 3.8) is 0 Å². The molecule has 4 rings (SSSR count). The molecule has 3 heteroatoms. The van der Waals surface area contributed by atoms with Crippen molar-refractivity contribution < 1.29 is 9.84 Å². The molecular formula is C20H26O2S. The Bertz CT molecular complexity index is 628. The Balaban J connectivity index is 1.68. The minimum atomic E-state index is 0.190. The lowest BCUT2D eigenvalue weighted by Gasteiger charge is -2.50. The topological polar surface area (TPSA) is 29.5 Å². The third-order valence-electron chi connectivity index (χ3n) is 6.89. The highest BCUT2D eigenvalue weighted by molar-refractivity contribution is 7.81. The Labute approximate surface area is 144 Å². The summed E-state index contributed by atoms with van der Waals surface area (Å²) >= 11 is 4.85. The second-order valence-corrected chi connectivity index (χ2v) is 8.53. The second kappa shape index (κ2) is 5.47. The first kappa shape index (κ1) is 15.4. The molecule has 124 valence electrons. The molecule has 0 aliphatic heterocycles. The van der Waals surface area contributed by atoms with Gasteiger partial charge in [0.2, 0.25) is 0 Å². The second-order valence-electron chi connectivity index (χ2n) is 7.87. The van der Waals surface area contributed by atoms with E-state index in [1.807, 2.05) is 12.1 Å². The van der Waals surface area contributed by atoms with Crippen LogP contribution in [-0.4, -0.2) is 16.5 Å². The maximum absolute atomic E-state index is 9.77. The van der Waals surface area contributed by atoms with E-state index in [0.717, 1.165) is 18.8 Å². The van der Waals surface area contributed by atoms with Crippen LogP contribution in [0.4, 0.5) is 0 Å². The maximum atomic E-state index is 9.77. The Morgan fingerprint density at radius 2 is 2.22 bits per heavy atom. The summed E-state index contributed by atoms with van der Waals surface area (Å²) in [6.45, 7) is 6.17. The lowest BCUT2D eigenvalue weighted by Crippen LogP contribution is -2.45. The van der Waals surface area contributed by atoms with Gasteiger partial charge in [0.25, 0.3) is 0 Å². The fourth-order valence-corrected chi connectivity index (χ4v) is 6.52.